The zero-order chi connectivity index (χ0) is 27.7. The summed E-state index contributed by atoms with van der Waals surface area (Å²) in [6.07, 6.45) is 16.1. The van der Waals surface area contributed by atoms with E-state index >= 15 is 0 Å². The van der Waals surface area contributed by atoms with Gasteiger partial charge in [0, 0.05) is 11.1 Å². The maximum atomic E-state index is 14.7. The molecule has 0 spiro atoms. The number of hydrogen-bond donors (Lipinski definition) is 0. The van der Waals surface area contributed by atoms with E-state index in [9.17, 15) is 8.78 Å². The number of benzene rings is 3. The summed E-state index contributed by atoms with van der Waals surface area (Å²) in [4.78, 5) is 0. The number of unbranched alkanes of at least 4 members (excludes halogenated alkanes) is 9. The largest absolute Gasteiger partial charge is 0.206 e. The van der Waals surface area contributed by atoms with E-state index < -0.39 is 11.6 Å². The van der Waals surface area contributed by atoms with Gasteiger partial charge < -0.3 is 0 Å². The molecule has 0 aliphatic rings. The van der Waals surface area contributed by atoms with Crippen LogP contribution in [0.4, 0.5) is 8.78 Å². The summed E-state index contributed by atoms with van der Waals surface area (Å²) >= 11 is 0. The zero-order valence-electron chi connectivity index (χ0n) is 23.7. The molecule has 39 heavy (non-hydrogen) atoms. The van der Waals surface area contributed by atoms with Crippen LogP contribution in [0.1, 0.15) is 118 Å². The van der Waals surface area contributed by atoms with Crippen LogP contribution >= 0.6 is 0 Å². The second-order valence-electron chi connectivity index (χ2n) is 10.4. The minimum absolute atomic E-state index is 0.0383. The van der Waals surface area contributed by atoms with Crippen LogP contribution in [0.15, 0.2) is 60.7 Å². The molecular weight excluding hydrogens is 482 g/mol. The molecule has 0 saturated carbocycles. The Bertz CT molecular complexity index is 1260. The van der Waals surface area contributed by atoms with Gasteiger partial charge in [0.2, 0.25) is 0 Å². The molecule has 0 atom stereocenters. The quantitative estimate of drug-likeness (QED) is 0.154. The van der Waals surface area contributed by atoms with Gasteiger partial charge in [-0.2, -0.15) is 0 Å². The maximum Gasteiger partial charge on any atom is 0.140 e. The van der Waals surface area contributed by atoms with Crippen LogP contribution in [0, 0.1) is 35.3 Å². The summed E-state index contributed by atoms with van der Waals surface area (Å²) in [7, 11) is 0. The van der Waals surface area contributed by atoms with Gasteiger partial charge in [-0.15, -0.1) is 0 Å². The number of hydrogen-bond acceptors (Lipinski definition) is 0. The van der Waals surface area contributed by atoms with Gasteiger partial charge in [0.1, 0.15) is 11.6 Å². The molecule has 0 radical (unpaired) electrons. The number of aryl methyl sites for hydroxylation is 2. The standard InChI is InChI=1S/C37H42F2/c1-3-5-7-9-10-11-13-15-31-18-22-33(23-19-31)25-27-35-29-36(38)34(28-37(35)39)26-24-32-20-16-30(17-21-32)14-12-8-6-4-2/h16-23,28-29H,3-15H2,1-2H3. The Morgan fingerprint density at radius 1 is 0.462 bits per heavy atom. The molecule has 3 aromatic rings. The third kappa shape index (κ3) is 11.1. The predicted octanol–water partition coefficient (Wildman–Crippen LogP) is 10.2. The van der Waals surface area contributed by atoms with Crippen molar-refractivity contribution in [3.05, 3.63) is 106 Å². The van der Waals surface area contributed by atoms with Gasteiger partial charge in [0.05, 0.1) is 11.1 Å². The molecule has 3 rings (SSSR count). The Morgan fingerprint density at radius 2 is 0.821 bits per heavy atom. The van der Waals surface area contributed by atoms with E-state index in [2.05, 4.69) is 61.8 Å². The maximum absolute atomic E-state index is 14.7. The molecular formula is C37H42F2. The van der Waals surface area contributed by atoms with Crippen molar-refractivity contribution in [2.75, 3.05) is 0 Å². The molecule has 0 saturated heterocycles. The number of rotatable bonds is 13. The molecule has 0 aliphatic carbocycles. The van der Waals surface area contributed by atoms with Gasteiger partial charge in [-0.05, 0) is 73.2 Å². The zero-order valence-corrected chi connectivity index (χ0v) is 23.7. The van der Waals surface area contributed by atoms with Crippen molar-refractivity contribution in [1.82, 2.24) is 0 Å². The third-order valence-corrected chi connectivity index (χ3v) is 7.04. The van der Waals surface area contributed by atoms with E-state index in [0.29, 0.717) is 0 Å². The van der Waals surface area contributed by atoms with Gasteiger partial charge in [-0.25, -0.2) is 8.78 Å². The predicted molar refractivity (Wildman–Crippen MR) is 161 cm³/mol. The minimum atomic E-state index is -0.564. The summed E-state index contributed by atoms with van der Waals surface area (Å²) in [6, 6.07) is 18.3. The lowest BCUT2D eigenvalue weighted by Gasteiger charge is -2.03. The van der Waals surface area contributed by atoms with Crippen molar-refractivity contribution in [2.24, 2.45) is 0 Å². The molecule has 204 valence electrons. The Morgan fingerprint density at radius 3 is 1.23 bits per heavy atom. The number of halogens is 2. The van der Waals surface area contributed by atoms with Gasteiger partial charge in [-0.3, -0.25) is 0 Å². The fourth-order valence-electron chi connectivity index (χ4n) is 4.57. The Labute approximate surface area is 235 Å². The Kier molecular flexibility index (Phi) is 13.4. The first-order chi connectivity index (χ1) is 19.1. The highest BCUT2D eigenvalue weighted by Crippen LogP contribution is 2.16. The molecule has 0 aliphatic heterocycles. The highest BCUT2D eigenvalue weighted by Gasteiger charge is 2.07. The van der Waals surface area contributed by atoms with Crippen LogP contribution in [-0.4, -0.2) is 0 Å². The van der Waals surface area contributed by atoms with Crippen LogP contribution in [-0.2, 0) is 12.8 Å². The molecule has 3 aromatic carbocycles. The smallest absolute Gasteiger partial charge is 0.140 e. The first-order valence-electron chi connectivity index (χ1n) is 14.8. The molecule has 0 amide bonds. The van der Waals surface area contributed by atoms with Crippen molar-refractivity contribution in [3.63, 3.8) is 0 Å². The first-order valence-corrected chi connectivity index (χ1v) is 14.8. The summed E-state index contributed by atoms with van der Waals surface area (Å²) in [6.45, 7) is 4.45. The lowest BCUT2D eigenvalue weighted by atomic mass is 10.0. The average molecular weight is 525 g/mol. The molecule has 0 nitrogen and oxygen atoms in total. The summed E-state index contributed by atoms with van der Waals surface area (Å²) in [5.74, 6) is 10.3. The van der Waals surface area contributed by atoms with Crippen LogP contribution in [0.25, 0.3) is 0 Å². The van der Waals surface area contributed by atoms with Gasteiger partial charge in [-0.1, -0.05) is 120 Å². The summed E-state index contributed by atoms with van der Waals surface area (Å²) in [5.41, 5.74) is 4.21. The summed E-state index contributed by atoms with van der Waals surface area (Å²) < 4.78 is 29.4. The molecule has 2 heteroatoms. The van der Waals surface area contributed by atoms with Crippen molar-refractivity contribution >= 4 is 0 Å². The lowest BCUT2D eigenvalue weighted by Crippen LogP contribution is -1.92. The average Bonchev–Trinajstić information content (AvgIpc) is 2.95. The highest BCUT2D eigenvalue weighted by molar-refractivity contribution is 5.49. The van der Waals surface area contributed by atoms with Gasteiger partial charge >= 0.3 is 0 Å². The van der Waals surface area contributed by atoms with Crippen molar-refractivity contribution in [1.29, 1.82) is 0 Å². The van der Waals surface area contributed by atoms with Crippen LogP contribution in [0.2, 0.25) is 0 Å². The minimum Gasteiger partial charge on any atom is -0.206 e. The highest BCUT2D eigenvalue weighted by atomic mass is 19.1. The third-order valence-electron chi connectivity index (χ3n) is 7.04. The Balaban J connectivity index is 1.54. The van der Waals surface area contributed by atoms with E-state index in [4.69, 9.17) is 0 Å². The second kappa shape index (κ2) is 17.3. The fraction of sp³-hybridized carbons (Fsp3) is 0.405. The van der Waals surface area contributed by atoms with Crippen molar-refractivity contribution in [3.8, 4) is 23.7 Å². The second-order valence-corrected chi connectivity index (χ2v) is 10.4. The van der Waals surface area contributed by atoms with E-state index in [1.165, 1.54) is 81.8 Å². The van der Waals surface area contributed by atoms with Crippen LogP contribution < -0.4 is 0 Å². The fourth-order valence-corrected chi connectivity index (χ4v) is 4.57. The van der Waals surface area contributed by atoms with E-state index in [1.807, 2.05) is 24.3 Å². The summed E-state index contributed by atoms with van der Waals surface area (Å²) in [5, 5.41) is 0. The van der Waals surface area contributed by atoms with Crippen molar-refractivity contribution in [2.45, 2.75) is 97.3 Å². The normalized spacial score (nSPS) is 10.5. The van der Waals surface area contributed by atoms with E-state index in [1.54, 1.807) is 0 Å². The lowest BCUT2D eigenvalue weighted by molar-refractivity contribution is 0.589. The van der Waals surface area contributed by atoms with E-state index in [0.717, 1.165) is 36.1 Å². The molecule has 0 bridgehead atoms. The monoisotopic (exact) mass is 524 g/mol. The molecule has 0 unspecified atom stereocenters. The SMILES string of the molecule is CCCCCCCCCc1ccc(C#Cc2cc(F)c(C#Cc3ccc(CCCCCC)cc3)cc2F)cc1. The van der Waals surface area contributed by atoms with Gasteiger partial charge in [0.25, 0.3) is 0 Å². The van der Waals surface area contributed by atoms with Crippen LogP contribution in [0.5, 0.6) is 0 Å². The molecule has 0 fully saturated rings. The topological polar surface area (TPSA) is 0 Å². The Hall–Kier alpha value is -3.36. The van der Waals surface area contributed by atoms with Crippen LogP contribution in [0.3, 0.4) is 0 Å². The van der Waals surface area contributed by atoms with E-state index in [-0.39, 0.29) is 11.1 Å². The molecule has 0 aromatic heterocycles. The molecule has 0 heterocycles. The first kappa shape index (κ1) is 30.2. The molecule has 0 N–H and O–H groups in total. The van der Waals surface area contributed by atoms with Crippen molar-refractivity contribution < 1.29 is 8.78 Å². The van der Waals surface area contributed by atoms with Gasteiger partial charge in [0.15, 0.2) is 0 Å².